The number of carboxylic acids is 1. The van der Waals surface area contributed by atoms with E-state index >= 15 is 0 Å². The average Bonchev–Trinajstić information content (AvgIpc) is 2.64. The molecule has 1 N–H and O–H groups in total. The second-order valence-electron chi connectivity index (χ2n) is 5.71. The molecule has 0 bridgehead atoms. The first-order chi connectivity index (χ1) is 12.8. The molecule has 0 saturated heterocycles. The topological polar surface area (TPSA) is 124 Å². The molecule has 2 aromatic rings. The first-order valence-corrected chi connectivity index (χ1v) is 7.87. The predicted octanol–water partition coefficient (Wildman–Crippen LogP) is 4.33. The quantitative estimate of drug-likeness (QED) is 0.420. The van der Waals surface area contributed by atoms with Gasteiger partial charge in [0, 0.05) is 29.2 Å². The molecule has 0 aliphatic carbocycles. The number of nitrogens with zero attached hydrogens (tertiary/aromatic N) is 2. The number of rotatable bonds is 8. The zero-order chi connectivity index (χ0) is 20.0. The Kier molecular flexibility index (Phi) is 6.16. The van der Waals surface area contributed by atoms with Crippen LogP contribution in [0.4, 0.5) is 11.4 Å². The standard InChI is InChI=1S/C19H16N2O6/c1-13(19(22)23)12-15(16-7-3-5-9-18(16)21(26)27)11-10-14-6-2-4-8-17(14)20(24)25/h2-11,15H,1,12H2,(H,22,23). The maximum atomic E-state index is 11.3. The highest BCUT2D eigenvalue weighted by Crippen LogP contribution is 2.33. The van der Waals surface area contributed by atoms with Crippen LogP contribution in [0.2, 0.25) is 0 Å². The van der Waals surface area contributed by atoms with Gasteiger partial charge in [0.2, 0.25) is 0 Å². The molecule has 0 spiro atoms. The number of carbonyl (C=O) groups is 1. The van der Waals surface area contributed by atoms with Crippen LogP contribution in [0.25, 0.3) is 6.08 Å². The van der Waals surface area contributed by atoms with Crippen LogP contribution >= 0.6 is 0 Å². The minimum Gasteiger partial charge on any atom is -0.478 e. The minimum absolute atomic E-state index is 0.0721. The van der Waals surface area contributed by atoms with Crippen LogP contribution in [-0.2, 0) is 4.79 Å². The van der Waals surface area contributed by atoms with Gasteiger partial charge in [0.1, 0.15) is 0 Å². The molecule has 8 nitrogen and oxygen atoms in total. The molecule has 2 aromatic carbocycles. The zero-order valence-corrected chi connectivity index (χ0v) is 14.1. The Morgan fingerprint density at radius 2 is 1.59 bits per heavy atom. The summed E-state index contributed by atoms with van der Waals surface area (Å²) in [4.78, 5) is 32.5. The van der Waals surface area contributed by atoms with Crippen LogP contribution < -0.4 is 0 Å². The van der Waals surface area contributed by atoms with Gasteiger partial charge in [0.05, 0.1) is 15.4 Å². The fraction of sp³-hybridized carbons (Fsp3) is 0.105. The molecule has 0 aliphatic heterocycles. The summed E-state index contributed by atoms with van der Waals surface area (Å²) < 4.78 is 0. The van der Waals surface area contributed by atoms with Gasteiger partial charge in [-0.2, -0.15) is 0 Å². The third-order valence-corrected chi connectivity index (χ3v) is 3.94. The molecule has 138 valence electrons. The smallest absolute Gasteiger partial charge is 0.330 e. The summed E-state index contributed by atoms with van der Waals surface area (Å²) >= 11 is 0. The molecule has 0 aromatic heterocycles. The lowest BCUT2D eigenvalue weighted by atomic mass is 9.90. The zero-order valence-electron chi connectivity index (χ0n) is 14.1. The largest absolute Gasteiger partial charge is 0.478 e. The summed E-state index contributed by atoms with van der Waals surface area (Å²) in [6, 6.07) is 12.0. The highest BCUT2D eigenvalue weighted by atomic mass is 16.6. The van der Waals surface area contributed by atoms with E-state index in [1.54, 1.807) is 12.1 Å². The number of aliphatic carboxylic acids is 1. The van der Waals surface area contributed by atoms with E-state index in [0.29, 0.717) is 11.1 Å². The maximum Gasteiger partial charge on any atom is 0.330 e. The van der Waals surface area contributed by atoms with Gasteiger partial charge in [-0.1, -0.05) is 49.1 Å². The highest BCUT2D eigenvalue weighted by molar-refractivity contribution is 5.86. The van der Waals surface area contributed by atoms with Crippen molar-refractivity contribution in [3.05, 3.63) is 98.1 Å². The van der Waals surface area contributed by atoms with Crippen molar-refractivity contribution in [3.8, 4) is 0 Å². The molecule has 27 heavy (non-hydrogen) atoms. The van der Waals surface area contributed by atoms with E-state index < -0.39 is 21.7 Å². The molecule has 0 radical (unpaired) electrons. The van der Waals surface area contributed by atoms with Crippen LogP contribution in [0, 0.1) is 20.2 Å². The first kappa shape index (κ1) is 19.5. The second kappa shape index (κ2) is 8.52. The predicted molar refractivity (Wildman–Crippen MR) is 99.4 cm³/mol. The number of carboxylic acid groups (broad SMARTS) is 1. The fourth-order valence-corrected chi connectivity index (χ4v) is 2.62. The molecular formula is C19H16N2O6. The van der Waals surface area contributed by atoms with Crippen molar-refractivity contribution in [1.82, 2.24) is 0 Å². The van der Waals surface area contributed by atoms with Gasteiger partial charge in [-0.05, 0) is 12.5 Å². The van der Waals surface area contributed by atoms with Gasteiger partial charge in [-0.15, -0.1) is 0 Å². The van der Waals surface area contributed by atoms with Gasteiger partial charge in [-0.3, -0.25) is 20.2 Å². The number of nitro benzene ring substituents is 2. The summed E-state index contributed by atoms with van der Waals surface area (Å²) in [5, 5.41) is 31.6. The molecule has 0 aliphatic rings. The van der Waals surface area contributed by atoms with Crippen LogP contribution in [-0.4, -0.2) is 20.9 Å². The molecule has 2 rings (SSSR count). The first-order valence-electron chi connectivity index (χ1n) is 7.87. The van der Waals surface area contributed by atoms with Gasteiger partial charge < -0.3 is 5.11 Å². The van der Waals surface area contributed by atoms with Crippen molar-refractivity contribution in [3.63, 3.8) is 0 Å². The molecule has 8 heteroatoms. The molecule has 1 unspecified atom stereocenters. The van der Waals surface area contributed by atoms with E-state index in [4.69, 9.17) is 5.11 Å². The van der Waals surface area contributed by atoms with Crippen LogP contribution in [0.5, 0.6) is 0 Å². The number of hydrogen-bond donors (Lipinski definition) is 1. The number of hydrogen-bond acceptors (Lipinski definition) is 5. The van der Waals surface area contributed by atoms with Gasteiger partial charge in [0.15, 0.2) is 0 Å². The van der Waals surface area contributed by atoms with E-state index in [9.17, 15) is 25.0 Å². The Hall–Kier alpha value is -3.81. The summed E-state index contributed by atoms with van der Waals surface area (Å²) in [6.07, 6.45) is 2.92. The van der Waals surface area contributed by atoms with Crippen LogP contribution in [0.15, 0.2) is 66.8 Å². The summed E-state index contributed by atoms with van der Waals surface area (Å²) in [6.45, 7) is 3.48. The third kappa shape index (κ3) is 4.85. The van der Waals surface area contributed by atoms with Crippen molar-refractivity contribution in [1.29, 1.82) is 0 Å². The summed E-state index contributed by atoms with van der Waals surface area (Å²) in [5.41, 5.74) is 0.220. The lowest BCUT2D eigenvalue weighted by Crippen LogP contribution is -2.06. The van der Waals surface area contributed by atoms with E-state index in [-0.39, 0.29) is 23.4 Å². The number of allylic oxidation sites excluding steroid dienone is 1. The van der Waals surface area contributed by atoms with Gasteiger partial charge >= 0.3 is 5.97 Å². The van der Waals surface area contributed by atoms with Gasteiger partial charge in [0.25, 0.3) is 11.4 Å². The summed E-state index contributed by atoms with van der Waals surface area (Å²) in [5.74, 6) is -1.90. The highest BCUT2D eigenvalue weighted by Gasteiger charge is 2.22. The second-order valence-corrected chi connectivity index (χ2v) is 5.71. The minimum atomic E-state index is -1.21. The maximum absolute atomic E-state index is 11.3. The van der Waals surface area contributed by atoms with E-state index in [1.165, 1.54) is 48.6 Å². The SMILES string of the molecule is C=C(CC(C=Cc1ccccc1[N+](=O)[O-])c1ccccc1[N+](=O)[O-])C(=O)O. The van der Waals surface area contributed by atoms with Crippen molar-refractivity contribution in [2.24, 2.45) is 0 Å². The lowest BCUT2D eigenvalue weighted by Gasteiger charge is -2.13. The Morgan fingerprint density at radius 3 is 2.19 bits per heavy atom. The Morgan fingerprint density at radius 1 is 1.04 bits per heavy atom. The number of para-hydroxylation sites is 2. The monoisotopic (exact) mass is 368 g/mol. The van der Waals surface area contributed by atoms with Crippen molar-refractivity contribution >= 4 is 23.4 Å². The molecule has 0 fully saturated rings. The third-order valence-electron chi connectivity index (χ3n) is 3.94. The summed E-state index contributed by atoms with van der Waals surface area (Å²) in [7, 11) is 0. The van der Waals surface area contributed by atoms with E-state index in [0.717, 1.165) is 0 Å². The molecule has 1 atom stereocenters. The Bertz CT molecular complexity index is 935. The van der Waals surface area contributed by atoms with Crippen LogP contribution in [0.3, 0.4) is 0 Å². The molecule has 0 saturated carbocycles. The fourth-order valence-electron chi connectivity index (χ4n) is 2.62. The lowest BCUT2D eigenvalue weighted by molar-refractivity contribution is -0.385. The Labute approximate surface area is 154 Å². The molecular weight excluding hydrogens is 352 g/mol. The molecule has 0 amide bonds. The van der Waals surface area contributed by atoms with Crippen molar-refractivity contribution < 1.29 is 19.7 Å². The Balaban J connectivity index is 2.49. The normalized spacial score (nSPS) is 11.9. The average molecular weight is 368 g/mol. The van der Waals surface area contributed by atoms with Gasteiger partial charge in [-0.25, -0.2) is 4.79 Å². The number of benzene rings is 2. The van der Waals surface area contributed by atoms with E-state index in [2.05, 4.69) is 6.58 Å². The van der Waals surface area contributed by atoms with Crippen molar-refractivity contribution in [2.75, 3.05) is 0 Å². The van der Waals surface area contributed by atoms with Crippen molar-refractivity contribution in [2.45, 2.75) is 12.3 Å². The number of nitro groups is 2. The van der Waals surface area contributed by atoms with Crippen LogP contribution in [0.1, 0.15) is 23.5 Å². The van der Waals surface area contributed by atoms with E-state index in [1.807, 2.05) is 0 Å². The molecule has 0 heterocycles.